The third-order valence-electron chi connectivity index (χ3n) is 4.95. The Labute approximate surface area is 179 Å². The Bertz CT molecular complexity index is 1060. The van der Waals surface area contributed by atoms with Gasteiger partial charge in [-0.2, -0.15) is 4.99 Å². The van der Waals surface area contributed by atoms with Gasteiger partial charge in [-0.1, -0.05) is 61.9 Å². The predicted octanol–water partition coefficient (Wildman–Crippen LogP) is 7.53. The van der Waals surface area contributed by atoms with Gasteiger partial charge in [0.05, 0.1) is 10.8 Å². The summed E-state index contributed by atoms with van der Waals surface area (Å²) in [7, 11) is 0. The van der Waals surface area contributed by atoms with E-state index >= 15 is 0 Å². The van der Waals surface area contributed by atoms with Crippen LogP contribution in [0.3, 0.4) is 0 Å². The van der Waals surface area contributed by atoms with Gasteiger partial charge in [0.1, 0.15) is 0 Å². The molecule has 1 nitrogen and oxygen atoms in total. The van der Waals surface area contributed by atoms with E-state index < -0.39 is 0 Å². The maximum Gasteiger partial charge on any atom is 0.0739 e. The normalized spacial score (nSPS) is 10.0. The summed E-state index contributed by atoms with van der Waals surface area (Å²) in [5.41, 5.74) is 7.86. The molecule has 3 aromatic rings. The molecule has 0 spiro atoms. The first kappa shape index (κ1) is 20.7. The van der Waals surface area contributed by atoms with Crippen molar-refractivity contribution in [1.82, 2.24) is 0 Å². The highest BCUT2D eigenvalue weighted by atomic mass is 32.1. The average molecular weight is 396 g/mol. The van der Waals surface area contributed by atoms with E-state index in [9.17, 15) is 0 Å². The van der Waals surface area contributed by atoms with Gasteiger partial charge in [-0.25, -0.2) is 0 Å². The zero-order valence-electron chi connectivity index (χ0n) is 17.0. The van der Waals surface area contributed by atoms with Crippen LogP contribution in [0.2, 0.25) is 0 Å². The van der Waals surface area contributed by atoms with Crippen molar-refractivity contribution < 1.29 is 0 Å². The van der Waals surface area contributed by atoms with Crippen molar-refractivity contribution in [1.29, 1.82) is 0 Å². The number of aliphatic imine (C=N–C) groups is 1. The van der Waals surface area contributed by atoms with E-state index in [0.717, 1.165) is 28.8 Å². The molecule has 0 aliphatic carbocycles. The first-order valence-corrected chi connectivity index (χ1v) is 10.5. The number of rotatable bonds is 6. The Morgan fingerprint density at radius 1 is 0.828 bits per heavy atom. The topological polar surface area (TPSA) is 12.4 Å². The maximum atomic E-state index is 4.65. The Balaban J connectivity index is 1.72. The standard InChI is InChI=1S/C27H25NS/c1-3-4-5-6-22-7-9-23(10-8-22)11-12-24-13-18-27(21(2)19-24)25-14-16-26(17-15-25)28-20-29/h7-10,13-19H,3-6H2,1-2H3. The van der Waals surface area contributed by atoms with E-state index in [2.05, 4.69) is 103 Å². The minimum atomic E-state index is 0.820. The molecule has 0 unspecified atom stereocenters. The van der Waals surface area contributed by atoms with Crippen LogP contribution in [0.15, 0.2) is 71.7 Å². The van der Waals surface area contributed by atoms with Crippen molar-refractivity contribution in [2.75, 3.05) is 0 Å². The molecule has 0 saturated carbocycles. The minimum Gasteiger partial charge on any atom is -0.195 e. The molecule has 0 aliphatic rings. The molecular weight excluding hydrogens is 370 g/mol. The van der Waals surface area contributed by atoms with Crippen molar-refractivity contribution >= 4 is 23.1 Å². The van der Waals surface area contributed by atoms with Gasteiger partial charge in [-0.3, -0.25) is 0 Å². The van der Waals surface area contributed by atoms with Gasteiger partial charge in [0.2, 0.25) is 0 Å². The van der Waals surface area contributed by atoms with Crippen LogP contribution in [0.5, 0.6) is 0 Å². The van der Waals surface area contributed by atoms with Gasteiger partial charge in [0.25, 0.3) is 0 Å². The Morgan fingerprint density at radius 3 is 2.17 bits per heavy atom. The summed E-state index contributed by atoms with van der Waals surface area (Å²) in [5, 5.41) is 2.40. The van der Waals surface area contributed by atoms with Crippen LogP contribution >= 0.6 is 12.2 Å². The molecule has 0 atom stereocenters. The third kappa shape index (κ3) is 6.00. The zero-order valence-corrected chi connectivity index (χ0v) is 17.9. The number of isothiocyanates is 1. The van der Waals surface area contributed by atoms with E-state index in [0.29, 0.717) is 0 Å². The molecule has 0 amide bonds. The molecule has 144 valence electrons. The Morgan fingerprint density at radius 2 is 1.52 bits per heavy atom. The molecule has 29 heavy (non-hydrogen) atoms. The first-order chi connectivity index (χ1) is 14.2. The summed E-state index contributed by atoms with van der Waals surface area (Å²) in [5.74, 6) is 6.58. The smallest absolute Gasteiger partial charge is 0.0739 e. The van der Waals surface area contributed by atoms with E-state index in [1.165, 1.54) is 36.0 Å². The molecule has 0 fully saturated rings. The first-order valence-electron chi connectivity index (χ1n) is 10.1. The Kier molecular flexibility index (Phi) is 7.54. The summed E-state index contributed by atoms with van der Waals surface area (Å²) >= 11 is 4.65. The summed E-state index contributed by atoms with van der Waals surface area (Å²) in [4.78, 5) is 4.00. The molecule has 0 bridgehead atoms. The number of hydrogen-bond donors (Lipinski definition) is 0. The molecule has 0 aromatic heterocycles. The SMILES string of the molecule is CCCCCc1ccc(C#Cc2ccc(-c3ccc(N=C=S)cc3)c(C)c2)cc1. The Hall–Kier alpha value is -2.98. The molecule has 0 aliphatic heterocycles. The number of aryl methyl sites for hydroxylation is 2. The number of thiocarbonyl (C=S) groups is 1. The van der Waals surface area contributed by atoms with E-state index in [1.807, 2.05) is 12.1 Å². The fraction of sp³-hybridized carbons (Fsp3) is 0.222. The van der Waals surface area contributed by atoms with Crippen molar-refractivity contribution in [2.24, 2.45) is 4.99 Å². The fourth-order valence-corrected chi connectivity index (χ4v) is 3.42. The lowest BCUT2D eigenvalue weighted by Crippen LogP contribution is -1.86. The highest BCUT2D eigenvalue weighted by Gasteiger charge is 2.03. The number of benzene rings is 3. The second-order valence-corrected chi connectivity index (χ2v) is 7.37. The van der Waals surface area contributed by atoms with Crippen LogP contribution in [0.1, 0.15) is 48.4 Å². The third-order valence-corrected chi connectivity index (χ3v) is 5.04. The van der Waals surface area contributed by atoms with Crippen LogP contribution in [0.4, 0.5) is 5.69 Å². The van der Waals surface area contributed by atoms with Crippen LogP contribution in [0.25, 0.3) is 11.1 Å². The van der Waals surface area contributed by atoms with Gasteiger partial charge < -0.3 is 0 Å². The highest BCUT2D eigenvalue weighted by Crippen LogP contribution is 2.26. The lowest BCUT2D eigenvalue weighted by molar-refractivity contribution is 0.717. The molecule has 0 radical (unpaired) electrons. The summed E-state index contributed by atoms with van der Waals surface area (Å²) in [6.45, 7) is 4.36. The van der Waals surface area contributed by atoms with E-state index in [1.54, 1.807) is 0 Å². The second-order valence-electron chi connectivity index (χ2n) is 7.18. The number of nitrogens with zero attached hydrogens (tertiary/aromatic N) is 1. The van der Waals surface area contributed by atoms with Crippen molar-refractivity contribution in [2.45, 2.75) is 39.5 Å². The van der Waals surface area contributed by atoms with Gasteiger partial charge in [0.15, 0.2) is 0 Å². The molecule has 0 N–H and O–H groups in total. The lowest BCUT2D eigenvalue weighted by Gasteiger charge is -2.07. The second kappa shape index (κ2) is 10.5. The number of hydrogen-bond acceptors (Lipinski definition) is 2. The van der Waals surface area contributed by atoms with Crippen LogP contribution in [-0.2, 0) is 6.42 Å². The van der Waals surface area contributed by atoms with Crippen molar-refractivity contribution in [3.8, 4) is 23.0 Å². The van der Waals surface area contributed by atoms with Crippen LogP contribution in [-0.4, -0.2) is 5.16 Å². The molecule has 0 heterocycles. The number of unbranched alkanes of at least 4 members (excludes halogenated alkanes) is 2. The monoisotopic (exact) mass is 395 g/mol. The summed E-state index contributed by atoms with van der Waals surface area (Å²) < 4.78 is 0. The molecule has 3 aromatic carbocycles. The quantitative estimate of drug-likeness (QED) is 0.182. The molecular formula is C27H25NS. The molecule has 2 heteroatoms. The molecule has 0 saturated heterocycles. The van der Waals surface area contributed by atoms with Crippen LogP contribution < -0.4 is 0 Å². The minimum absolute atomic E-state index is 0.820. The highest BCUT2D eigenvalue weighted by molar-refractivity contribution is 7.78. The van der Waals surface area contributed by atoms with E-state index in [4.69, 9.17) is 0 Å². The van der Waals surface area contributed by atoms with Gasteiger partial charge in [-0.15, -0.1) is 0 Å². The van der Waals surface area contributed by atoms with Crippen LogP contribution in [0, 0.1) is 18.8 Å². The largest absolute Gasteiger partial charge is 0.195 e. The molecule has 3 rings (SSSR count). The van der Waals surface area contributed by atoms with Gasteiger partial charge in [-0.05, 0) is 90.6 Å². The van der Waals surface area contributed by atoms with E-state index in [-0.39, 0.29) is 0 Å². The summed E-state index contributed by atoms with van der Waals surface area (Å²) in [6.07, 6.45) is 4.97. The van der Waals surface area contributed by atoms with Crippen molar-refractivity contribution in [3.63, 3.8) is 0 Å². The van der Waals surface area contributed by atoms with Gasteiger partial charge in [0, 0.05) is 11.1 Å². The van der Waals surface area contributed by atoms with Crippen molar-refractivity contribution in [3.05, 3.63) is 89.0 Å². The average Bonchev–Trinajstić information content (AvgIpc) is 2.74. The zero-order chi connectivity index (χ0) is 20.5. The predicted molar refractivity (Wildman–Crippen MR) is 127 cm³/mol. The lowest BCUT2D eigenvalue weighted by atomic mass is 9.98. The summed E-state index contributed by atoms with van der Waals surface area (Å²) in [6, 6.07) is 23.0. The maximum absolute atomic E-state index is 4.65. The fourth-order valence-electron chi connectivity index (χ4n) is 3.31. The van der Waals surface area contributed by atoms with Gasteiger partial charge >= 0.3 is 0 Å².